The van der Waals surface area contributed by atoms with E-state index in [1.807, 2.05) is 0 Å². The van der Waals surface area contributed by atoms with Crippen LogP contribution in [-0.2, 0) is 16.8 Å². The third kappa shape index (κ3) is 6.46. The molecule has 111 valence electrons. The van der Waals surface area contributed by atoms with Gasteiger partial charge in [0.05, 0.1) is 11.9 Å². The topological polar surface area (TPSA) is 132 Å². The van der Waals surface area contributed by atoms with E-state index < -0.39 is 11.9 Å². The van der Waals surface area contributed by atoms with Crippen LogP contribution >= 0.6 is 0 Å². The number of carboxylic acid groups (broad SMARTS) is 2. The molecular formula is C14H12CoN2O4. The number of hydrogen-bond acceptors (Lipinski definition) is 6. The first-order valence-electron chi connectivity index (χ1n) is 5.54. The van der Waals surface area contributed by atoms with Crippen molar-refractivity contribution in [2.75, 3.05) is 11.5 Å². The van der Waals surface area contributed by atoms with Crippen molar-refractivity contribution in [3.05, 3.63) is 59.7 Å². The van der Waals surface area contributed by atoms with Crippen LogP contribution < -0.4 is 21.7 Å². The Morgan fingerprint density at radius 2 is 0.905 bits per heavy atom. The van der Waals surface area contributed by atoms with Gasteiger partial charge < -0.3 is 31.3 Å². The third-order valence-electron chi connectivity index (χ3n) is 2.29. The van der Waals surface area contributed by atoms with Crippen LogP contribution in [0.2, 0.25) is 0 Å². The number of nitrogen functional groups attached to an aromatic ring is 2. The molecule has 0 saturated carbocycles. The minimum absolute atomic E-state index is 0. The molecule has 0 aliphatic rings. The summed E-state index contributed by atoms with van der Waals surface area (Å²) in [5.74, 6) is -2.36. The fourth-order valence-electron chi connectivity index (χ4n) is 1.24. The molecule has 6 nitrogen and oxygen atoms in total. The maximum Gasteiger partial charge on any atom is 2.00 e. The summed E-state index contributed by atoms with van der Waals surface area (Å²) in [5, 5.41) is 20.3. The summed E-state index contributed by atoms with van der Waals surface area (Å²) < 4.78 is 0. The zero-order valence-electron chi connectivity index (χ0n) is 10.7. The Balaban J connectivity index is 0.000000364. The molecule has 0 aromatic heterocycles. The van der Waals surface area contributed by atoms with E-state index in [2.05, 4.69) is 0 Å². The predicted molar refractivity (Wildman–Crippen MR) is 70.4 cm³/mol. The monoisotopic (exact) mass is 331 g/mol. The van der Waals surface area contributed by atoms with Crippen LogP contribution in [-0.4, -0.2) is 11.9 Å². The van der Waals surface area contributed by atoms with Gasteiger partial charge in [0.1, 0.15) is 0 Å². The van der Waals surface area contributed by atoms with Gasteiger partial charge in [-0.15, -0.1) is 0 Å². The number of benzene rings is 2. The number of carbonyl (C=O) groups excluding carboxylic acids is 2. The predicted octanol–water partition coefficient (Wildman–Crippen LogP) is -0.738. The van der Waals surface area contributed by atoms with Crippen molar-refractivity contribution in [3.63, 3.8) is 0 Å². The maximum atomic E-state index is 10.2. The first-order valence-corrected chi connectivity index (χ1v) is 5.54. The Kier molecular flexibility index (Phi) is 7.59. The Labute approximate surface area is 131 Å². The summed E-state index contributed by atoms with van der Waals surface area (Å²) in [6.07, 6.45) is 0. The van der Waals surface area contributed by atoms with Crippen LogP contribution in [0.25, 0.3) is 0 Å². The smallest absolute Gasteiger partial charge is 0.545 e. The van der Waals surface area contributed by atoms with E-state index >= 15 is 0 Å². The molecule has 0 fully saturated rings. The Morgan fingerprint density at radius 3 is 1.10 bits per heavy atom. The molecule has 0 aliphatic carbocycles. The molecule has 2 aromatic carbocycles. The number of carbonyl (C=O) groups is 2. The van der Waals surface area contributed by atoms with Gasteiger partial charge >= 0.3 is 16.8 Å². The molecule has 0 aliphatic heterocycles. The quantitative estimate of drug-likeness (QED) is 0.697. The van der Waals surface area contributed by atoms with Gasteiger partial charge in [-0.2, -0.15) is 0 Å². The number of carboxylic acids is 2. The average molecular weight is 331 g/mol. The van der Waals surface area contributed by atoms with E-state index in [0.717, 1.165) is 0 Å². The van der Waals surface area contributed by atoms with Gasteiger partial charge in [0.25, 0.3) is 0 Å². The van der Waals surface area contributed by atoms with E-state index in [1.54, 1.807) is 0 Å². The molecule has 0 bridgehead atoms. The second-order valence-electron chi connectivity index (χ2n) is 3.82. The summed E-state index contributed by atoms with van der Waals surface area (Å²) in [6.45, 7) is 0. The molecule has 0 saturated heterocycles. The number of rotatable bonds is 2. The number of anilines is 2. The third-order valence-corrected chi connectivity index (χ3v) is 2.29. The van der Waals surface area contributed by atoms with Crippen LogP contribution in [0.4, 0.5) is 11.4 Å². The molecule has 4 N–H and O–H groups in total. The van der Waals surface area contributed by atoms with Gasteiger partial charge in [-0.3, -0.25) is 0 Å². The molecule has 1 radical (unpaired) electrons. The largest absolute Gasteiger partial charge is 2.00 e. The van der Waals surface area contributed by atoms with Gasteiger partial charge in [0, 0.05) is 11.4 Å². The summed E-state index contributed by atoms with van der Waals surface area (Å²) >= 11 is 0. The van der Waals surface area contributed by atoms with Crippen molar-refractivity contribution in [2.45, 2.75) is 0 Å². The Bertz CT molecular complexity index is 542. The minimum Gasteiger partial charge on any atom is -0.545 e. The molecule has 0 atom stereocenters. The van der Waals surface area contributed by atoms with Crippen LogP contribution in [0.15, 0.2) is 48.5 Å². The molecule has 2 rings (SSSR count). The molecule has 21 heavy (non-hydrogen) atoms. The normalized spacial score (nSPS) is 8.76. The molecule has 0 spiro atoms. The van der Waals surface area contributed by atoms with Gasteiger partial charge in [-0.05, 0) is 35.4 Å². The first kappa shape index (κ1) is 18.5. The SMILES string of the molecule is Nc1ccc(C(=O)[O-])cc1.Nc1ccc(C(=O)[O-])cc1.[Co+2]. The van der Waals surface area contributed by atoms with Gasteiger partial charge in [0.2, 0.25) is 0 Å². The van der Waals surface area contributed by atoms with Crippen molar-refractivity contribution in [2.24, 2.45) is 0 Å². The minimum atomic E-state index is -1.18. The average Bonchev–Trinajstić information content (AvgIpc) is 2.40. The van der Waals surface area contributed by atoms with E-state index in [4.69, 9.17) is 11.5 Å². The van der Waals surface area contributed by atoms with Crippen molar-refractivity contribution >= 4 is 23.3 Å². The van der Waals surface area contributed by atoms with Gasteiger partial charge in [-0.1, -0.05) is 24.3 Å². The molecular weight excluding hydrogens is 319 g/mol. The van der Waals surface area contributed by atoms with Crippen LogP contribution in [0, 0.1) is 0 Å². The molecule has 2 aromatic rings. The summed E-state index contributed by atoms with van der Waals surface area (Å²) in [6, 6.07) is 11.7. The molecule has 0 amide bonds. The van der Waals surface area contributed by atoms with Crippen LogP contribution in [0.3, 0.4) is 0 Å². The van der Waals surface area contributed by atoms with Crippen molar-refractivity contribution in [1.29, 1.82) is 0 Å². The molecule has 7 heteroatoms. The van der Waals surface area contributed by atoms with Gasteiger partial charge in [0.15, 0.2) is 0 Å². The number of nitrogens with two attached hydrogens (primary N) is 2. The second kappa shape index (κ2) is 8.62. The van der Waals surface area contributed by atoms with Crippen molar-refractivity contribution < 1.29 is 36.6 Å². The Morgan fingerprint density at radius 1 is 0.667 bits per heavy atom. The van der Waals surface area contributed by atoms with Crippen molar-refractivity contribution in [3.8, 4) is 0 Å². The summed E-state index contributed by atoms with van der Waals surface area (Å²) in [7, 11) is 0. The second-order valence-corrected chi connectivity index (χ2v) is 3.82. The zero-order chi connectivity index (χ0) is 15.1. The summed E-state index contributed by atoms with van der Waals surface area (Å²) in [5.41, 5.74) is 12.0. The van der Waals surface area contributed by atoms with E-state index in [1.165, 1.54) is 48.5 Å². The van der Waals surface area contributed by atoms with Gasteiger partial charge in [-0.25, -0.2) is 0 Å². The number of aromatic carboxylic acids is 2. The van der Waals surface area contributed by atoms with E-state index in [9.17, 15) is 19.8 Å². The molecule has 0 heterocycles. The first-order chi connectivity index (χ1) is 9.40. The maximum absolute atomic E-state index is 10.2. The molecule has 0 unspecified atom stereocenters. The fraction of sp³-hybridized carbons (Fsp3) is 0. The van der Waals surface area contributed by atoms with E-state index in [-0.39, 0.29) is 27.9 Å². The van der Waals surface area contributed by atoms with Crippen LogP contribution in [0.1, 0.15) is 20.7 Å². The van der Waals surface area contributed by atoms with E-state index in [0.29, 0.717) is 11.4 Å². The summed E-state index contributed by atoms with van der Waals surface area (Å²) in [4.78, 5) is 20.3. The standard InChI is InChI=1S/2C7H7NO2.Co/c2*8-6-3-1-5(2-4-6)7(9)10;/h2*1-4H,8H2,(H,9,10);/q;;+2/p-2. The number of hydrogen-bond donors (Lipinski definition) is 2. The van der Waals surface area contributed by atoms with Crippen molar-refractivity contribution in [1.82, 2.24) is 0 Å². The zero-order valence-corrected chi connectivity index (χ0v) is 11.8. The fourth-order valence-corrected chi connectivity index (χ4v) is 1.24. The van der Waals surface area contributed by atoms with Crippen LogP contribution in [0.5, 0.6) is 0 Å². The Hall–Kier alpha value is -2.51.